The van der Waals surface area contributed by atoms with Gasteiger partial charge in [0.2, 0.25) is 0 Å². The van der Waals surface area contributed by atoms with Crippen molar-refractivity contribution in [3.05, 3.63) is 53.1 Å². The second kappa shape index (κ2) is 12.1. The number of hydrogen-bond acceptors (Lipinski definition) is 5. The molecule has 2 heterocycles. The molecule has 0 aliphatic carbocycles. The summed E-state index contributed by atoms with van der Waals surface area (Å²) in [6, 6.07) is 13.2. The van der Waals surface area contributed by atoms with Gasteiger partial charge in [0.05, 0.1) is 23.9 Å². The molecular weight excluding hydrogens is 440 g/mol. The third-order valence-electron chi connectivity index (χ3n) is 6.03. The summed E-state index contributed by atoms with van der Waals surface area (Å²) in [7, 11) is 0. The average Bonchev–Trinajstić information content (AvgIpc) is 2.84. The summed E-state index contributed by atoms with van der Waals surface area (Å²) in [6.45, 7) is 7.47. The van der Waals surface area contributed by atoms with Crippen LogP contribution in [0.5, 0.6) is 5.75 Å². The molecule has 0 aromatic heterocycles. The van der Waals surface area contributed by atoms with Gasteiger partial charge in [-0.25, -0.2) is 4.79 Å². The highest BCUT2D eigenvalue weighted by Gasteiger charge is 2.15. The number of hydrogen-bond donors (Lipinski definition) is 2. The largest absolute Gasteiger partial charge is 0.492 e. The second-order valence-electron chi connectivity index (χ2n) is 8.47. The van der Waals surface area contributed by atoms with Crippen molar-refractivity contribution in [2.75, 3.05) is 62.8 Å². The van der Waals surface area contributed by atoms with Gasteiger partial charge in [-0.2, -0.15) is 0 Å². The third-order valence-corrected chi connectivity index (χ3v) is 6.34. The molecule has 2 amide bonds. The molecule has 0 bridgehead atoms. The van der Waals surface area contributed by atoms with Crippen LogP contribution in [0.4, 0.5) is 16.2 Å². The van der Waals surface area contributed by atoms with E-state index in [-0.39, 0.29) is 6.03 Å². The molecule has 33 heavy (non-hydrogen) atoms. The summed E-state index contributed by atoms with van der Waals surface area (Å²) >= 11 is 6.49. The Hall–Kier alpha value is -2.48. The third kappa shape index (κ3) is 7.25. The molecule has 2 aliphatic heterocycles. The topological polar surface area (TPSA) is 66.1 Å². The van der Waals surface area contributed by atoms with Crippen LogP contribution in [0.1, 0.15) is 24.8 Å². The van der Waals surface area contributed by atoms with Crippen LogP contribution >= 0.6 is 11.6 Å². The van der Waals surface area contributed by atoms with E-state index in [0.29, 0.717) is 23.9 Å². The lowest BCUT2D eigenvalue weighted by Crippen LogP contribution is -2.38. The SMILES string of the molecule is O=C(NCc1cccc(OCCN2CCOCC2)c1)Nc1ccc(N2CCCCC2)c(Cl)c1. The van der Waals surface area contributed by atoms with Crippen molar-refractivity contribution in [1.29, 1.82) is 0 Å². The Balaban J connectivity index is 1.22. The van der Waals surface area contributed by atoms with Gasteiger partial charge in [-0.05, 0) is 55.2 Å². The molecule has 178 valence electrons. The van der Waals surface area contributed by atoms with Crippen LogP contribution < -0.4 is 20.3 Å². The monoisotopic (exact) mass is 472 g/mol. The van der Waals surface area contributed by atoms with Crippen LogP contribution in [-0.2, 0) is 11.3 Å². The predicted octanol–water partition coefficient (Wildman–Crippen LogP) is 4.36. The number of urea groups is 1. The molecule has 0 atom stereocenters. The highest BCUT2D eigenvalue weighted by molar-refractivity contribution is 6.33. The number of morpholine rings is 1. The first-order valence-corrected chi connectivity index (χ1v) is 12.2. The van der Waals surface area contributed by atoms with E-state index >= 15 is 0 Å². The van der Waals surface area contributed by atoms with E-state index in [1.54, 1.807) is 0 Å². The lowest BCUT2D eigenvalue weighted by molar-refractivity contribution is 0.0322. The van der Waals surface area contributed by atoms with Crippen LogP contribution in [0, 0.1) is 0 Å². The van der Waals surface area contributed by atoms with Crippen LogP contribution in [0.25, 0.3) is 0 Å². The minimum Gasteiger partial charge on any atom is -0.492 e. The summed E-state index contributed by atoms with van der Waals surface area (Å²) in [5.41, 5.74) is 2.69. The quantitative estimate of drug-likeness (QED) is 0.597. The Morgan fingerprint density at radius 3 is 2.64 bits per heavy atom. The van der Waals surface area contributed by atoms with Gasteiger partial charge in [-0.15, -0.1) is 0 Å². The normalized spacial score (nSPS) is 16.9. The standard InChI is InChI=1S/C25H33ClN4O3/c26-23-18-21(7-8-24(23)30-9-2-1-3-10-30)28-25(31)27-19-20-5-4-6-22(17-20)33-16-13-29-11-14-32-15-12-29/h4-8,17-18H,1-3,9-16,19H2,(H2,27,28,31). The highest BCUT2D eigenvalue weighted by atomic mass is 35.5. The van der Waals surface area contributed by atoms with Crippen LogP contribution in [-0.4, -0.2) is 63.5 Å². The summed E-state index contributed by atoms with van der Waals surface area (Å²) in [5.74, 6) is 0.808. The van der Waals surface area contributed by atoms with Crippen molar-refractivity contribution in [2.24, 2.45) is 0 Å². The molecule has 0 unspecified atom stereocenters. The first-order chi connectivity index (χ1) is 16.2. The van der Waals surface area contributed by atoms with Gasteiger partial charge in [0.1, 0.15) is 12.4 Å². The minimum atomic E-state index is -0.268. The lowest BCUT2D eigenvalue weighted by atomic mass is 10.1. The molecule has 0 spiro atoms. The zero-order chi connectivity index (χ0) is 22.9. The number of halogens is 1. The summed E-state index contributed by atoms with van der Waals surface area (Å²) in [5, 5.41) is 6.43. The number of piperidine rings is 1. The minimum absolute atomic E-state index is 0.268. The lowest BCUT2D eigenvalue weighted by Gasteiger charge is -2.29. The molecule has 2 N–H and O–H groups in total. The van der Waals surface area contributed by atoms with E-state index in [4.69, 9.17) is 21.1 Å². The number of ether oxygens (including phenoxy) is 2. The molecule has 2 fully saturated rings. The van der Waals surface area contributed by atoms with Crippen LogP contribution in [0.2, 0.25) is 5.02 Å². The van der Waals surface area contributed by atoms with E-state index < -0.39 is 0 Å². The van der Waals surface area contributed by atoms with E-state index in [1.807, 2.05) is 42.5 Å². The van der Waals surface area contributed by atoms with E-state index in [2.05, 4.69) is 20.4 Å². The number of anilines is 2. The van der Waals surface area contributed by atoms with Gasteiger partial charge in [-0.1, -0.05) is 23.7 Å². The molecule has 2 aliphatic rings. The molecule has 2 saturated heterocycles. The van der Waals surface area contributed by atoms with Crippen molar-refractivity contribution in [2.45, 2.75) is 25.8 Å². The van der Waals surface area contributed by atoms with Gasteiger partial charge >= 0.3 is 6.03 Å². The fourth-order valence-electron chi connectivity index (χ4n) is 4.20. The van der Waals surface area contributed by atoms with Gasteiger partial charge in [0, 0.05) is 45.0 Å². The number of nitrogens with zero attached hydrogens (tertiary/aromatic N) is 2. The Kier molecular flexibility index (Phi) is 8.69. The predicted molar refractivity (Wildman–Crippen MR) is 133 cm³/mol. The molecule has 2 aromatic rings. The Morgan fingerprint density at radius 1 is 1.03 bits per heavy atom. The summed E-state index contributed by atoms with van der Waals surface area (Å²) < 4.78 is 11.3. The molecule has 0 radical (unpaired) electrons. The van der Waals surface area contributed by atoms with E-state index in [1.165, 1.54) is 19.3 Å². The maximum atomic E-state index is 12.4. The number of amides is 2. The Bertz CT molecular complexity index is 914. The van der Waals surface area contributed by atoms with Crippen LogP contribution in [0.3, 0.4) is 0 Å². The first-order valence-electron chi connectivity index (χ1n) is 11.8. The van der Waals surface area contributed by atoms with Crippen molar-refractivity contribution >= 4 is 29.0 Å². The van der Waals surface area contributed by atoms with Gasteiger partial charge in [-0.3, -0.25) is 4.90 Å². The second-order valence-corrected chi connectivity index (χ2v) is 8.88. The maximum Gasteiger partial charge on any atom is 0.319 e. The zero-order valence-electron chi connectivity index (χ0n) is 19.0. The Morgan fingerprint density at radius 2 is 1.85 bits per heavy atom. The fourth-order valence-corrected chi connectivity index (χ4v) is 4.50. The highest BCUT2D eigenvalue weighted by Crippen LogP contribution is 2.30. The first kappa shape index (κ1) is 23.7. The van der Waals surface area contributed by atoms with Gasteiger partial charge in [0.15, 0.2) is 0 Å². The molecule has 7 nitrogen and oxygen atoms in total. The van der Waals surface area contributed by atoms with Gasteiger partial charge in [0.25, 0.3) is 0 Å². The molecule has 4 rings (SSSR count). The van der Waals surface area contributed by atoms with E-state index in [9.17, 15) is 4.79 Å². The van der Waals surface area contributed by atoms with Crippen molar-refractivity contribution < 1.29 is 14.3 Å². The zero-order valence-corrected chi connectivity index (χ0v) is 19.8. The van der Waals surface area contributed by atoms with Crippen molar-refractivity contribution in [3.8, 4) is 5.75 Å². The van der Waals surface area contributed by atoms with E-state index in [0.717, 1.165) is 62.9 Å². The smallest absolute Gasteiger partial charge is 0.319 e. The molecule has 0 saturated carbocycles. The van der Waals surface area contributed by atoms with Crippen molar-refractivity contribution in [1.82, 2.24) is 10.2 Å². The number of benzene rings is 2. The average molecular weight is 473 g/mol. The maximum absolute atomic E-state index is 12.4. The van der Waals surface area contributed by atoms with Crippen LogP contribution in [0.15, 0.2) is 42.5 Å². The van der Waals surface area contributed by atoms with Gasteiger partial charge < -0.3 is 25.0 Å². The fraction of sp³-hybridized carbons (Fsp3) is 0.480. The summed E-state index contributed by atoms with van der Waals surface area (Å²) in [6.07, 6.45) is 3.66. The number of nitrogens with one attached hydrogen (secondary N) is 2. The molecular formula is C25H33ClN4O3. The number of carbonyl (C=O) groups excluding carboxylic acids is 1. The van der Waals surface area contributed by atoms with Crippen molar-refractivity contribution in [3.63, 3.8) is 0 Å². The number of carbonyl (C=O) groups is 1. The molecule has 2 aromatic carbocycles. The number of rotatable bonds is 8. The Labute approximate surface area is 201 Å². The molecule has 8 heteroatoms. The summed E-state index contributed by atoms with van der Waals surface area (Å²) in [4.78, 5) is 17.0.